The molecule has 0 saturated heterocycles. The van der Waals surface area contributed by atoms with Crippen molar-refractivity contribution < 1.29 is 31.4 Å². The van der Waals surface area contributed by atoms with Gasteiger partial charge in [0.2, 0.25) is 0 Å². The molecule has 0 unspecified atom stereocenters. The van der Waals surface area contributed by atoms with E-state index >= 15 is 4.39 Å². The van der Waals surface area contributed by atoms with Crippen molar-refractivity contribution in [2.24, 2.45) is 16.6 Å². The zero-order chi connectivity index (χ0) is 29.3. The number of halogens is 5. The van der Waals surface area contributed by atoms with Crippen LogP contribution in [0.3, 0.4) is 0 Å². The molecule has 3 atom stereocenters. The van der Waals surface area contributed by atoms with E-state index in [2.05, 4.69) is 20.3 Å². The summed E-state index contributed by atoms with van der Waals surface area (Å²) in [5.41, 5.74) is 5.50. The highest BCUT2D eigenvalue weighted by Gasteiger charge is 2.50. The molecule has 1 aliphatic rings. The largest absolute Gasteiger partial charge is 0.479 e. The van der Waals surface area contributed by atoms with E-state index in [0.29, 0.717) is 17.5 Å². The van der Waals surface area contributed by atoms with E-state index < -0.39 is 34.7 Å². The first-order valence-corrected chi connectivity index (χ1v) is 12.8. The minimum atomic E-state index is -4.61. The average molecular weight is 580 g/mol. The molecule has 212 valence electrons. The standard InChI is InChI=1S/C27H26F5N5O2S/c1-15-25(2,14-38-4)40-24(33)37-26(15,3)19-11-17(12-20(28)21(19)29)36-23-22-16(6-8-34-23)10-18(13-35-22)39-9-5-7-27(30,31)32/h6,8,10-13,15H,9,14H2,1-4H3,(H2,33,37)(H,34,36)/t15-,25-,26+/m1/s1. The van der Waals surface area contributed by atoms with Crippen molar-refractivity contribution in [1.82, 2.24) is 9.97 Å². The fourth-order valence-corrected chi connectivity index (χ4v) is 5.93. The number of amidine groups is 1. The minimum Gasteiger partial charge on any atom is -0.479 e. The van der Waals surface area contributed by atoms with Crippen molar-refractivity contribution >= 4 is 39.3 Å². The van der Waals surface area contributed by atoms with Gasteiger partial charge in [-0.15, -0.1) is 0 Å². The predicted molar refractivity (Wildman–Crippen MR) is 145 cm³/mol. The third kappa shape index (κ3) is 6.08. The van der Waals surface area contributed by atoms with Crippen molar-refractivity contribution in [1.29, 1.82) is 0 Å². The maximum absolute atomic E-state index is 15.3. The lowest BCUT2D eigenvalue weighted by atomic mass is 9.74. The van der Waals surface area contributed by atoms with E-state index in [4.69, 9.17) is 15.2 Å². The fraction of sp³-hybridized carbons (Fsp3) is 0.370. The van der Waals surface area contributed by atoms with Crippen LogP contribution in [0.15, 0.2) is 41.7 Å². The van der Waals surface area contributed by atoms with Gasteiger partial charge in [-0.3, -0.25) is 4.99 Å². The number of methoxy groups -OCH3 is 1. The second kappa shape index (κ2) is 11.1. The lowest BCUT2D eigenvalue weighted by Gasteiger charge is -2.47. The van der Waals surface area contributed by atoms with Gasteiger partial charge in [0, 0.05) is 52.6 Å². The number of hydrogen-bond donors (Lipinski definition) is 2. The minimum absolute atomic E-state index is 0.0110. The Morgan fingerprint density at radius 2 is 1.93 bits per heavy atom. The summed E-state index contributed by atoms with van der Waals surface area (Å²) in [7, 11) is 1.56. The maximum atomic E-state index is 15.3. The summed E-state index contributed by atoms with van der Waals surface area (Å²) >= 11 is 1.33. The van der Waals surface area contributed by atoms with Crippen LogP contribution in [0.2, 0.25) is 0 Å². The maximum Gasteiger partial charge on any atom is 0.457 e. The summed E-state index contributed by atoms with van der Waals surface area (Å²) in [5, 5.41) is 3.77. The van der Waals surface area contributed by atoms with Gasteiger partial charge in [-0.1, -0.05) is 24.6 Å². The van der Waals surface area contributed by atoms with E-state index in [1.165, 1.54) is 30.2 Å². The third-order valence-electron chi connectivity index (χ3n) is 6.82. The van der Waals surface area contributed by atoms with E-state index in [9.17, 15) is 17.6 Å². The quantitative estimate of drug-likeness (QED) is 0.265. The molecule has 2 aromatic heterocycles. The number of nitrogens with two attached hydrogens (primary N) is 1. The molecule has 3 heterocycles. The number of alkyl halides is 3. The average Bonchev–Trinajstić information content (AvgIpc) is 2.86. The van der Waals surface area contributed by atoms with Crippen LogP contribution in [0, 0.1) is 29.4 Å². The van der Waals surface area contributed by atoms with Gasteiger partial charge in [0.15, 0.2) is 22.6 Å². The molecule has 0 amide bonds. The molecule has 0 radical (unpaired) electrons. The molecular weight excluding hydrogens is 553 g/mol. The Morgan fingerprint density at radius 1 is 1.18 bits per heavy atom. The van der Waals surface area contributed by atoms with Crippen molar-refractivity contribution in [3.05, 3.63) is 53.9 Å². The van der Waals surface area contributed by atoms with Gasteiger partial charge in [0.1, 0.15) is 17.9 Å². The summed E-state index contributed by atoms with van der Waals surface area (Å²) in [6, 6.07) is 5.64. The first kappa shape index (κ1) is 29.4. The van der Waals surface area contributed by atoms with Crippen LogP contribution >= 0.6 is 11.8 Å². The number of anilines is 2. The van der Waals surface area contributed by atoms with Gasteiger partial charge >= 0.3 is 6.18 Å². The smallest absolute Gasteiger partial charge is 0.457 e. The second-order valence-electron chi connectivity index (χ2n) is 9.60. The number of nitrogens with zero attached hydrogens (tertiary/aromatic N) is 3. The molecule has 7 nitrogen and oxygen atoms in total. The first-order chi connectivity index (χ1) is 18.8. The van der Waals surface area contributed by atoms with Gasteiger partial charge in [-0.25, -0.2) is 18.7 Å². The Bertz CT molecular complexity index is 1520. The molecule has 13 heteroatoms. The molecule has 1 aliphatic heterocycles. The molecule has 4 rings (SSSR count). The zero-order valence-electron chi connectivity index (χ0n) is 22.0. The molecule has 0 bridgehead atoms. The molecular formula is C27H26F5N5O2S. The summed E-state index contributed by atoms with van der Waals surface area (Å²) in [6.07, 6.45) is -1.84. The molecule has 1 aromatic carbocycles. The lowest BCUT2D eigenvalue weighted by Crippen LogP contribution is -2.50. The molecule has 0 saturated carbocycles. The van der Waals surface area contributed by atoms with Crippen LogP contribution in [0.25, 0.3) is 10.9 Å². The number of pyridine rings is 2. The normalized spacial score (nSPS) is 22.8. The second-order valence-corrected chi connectivity index (χ2v) is 11.2. The molecule has 40 heavy (non-hydrogen) atoms. The lowest BCUT2D eigenvalue weighted by molar-refractivity contribution is -0.0698. The number of fused-ring (bicyclic) bond motifs is 1. The number of rotatable bonds is 7. The zero-order valence-corrected chi connectivity index (χ0v) is 22.8. The first-order valence-electron chi connectivity index (χ1n) is 12.0. The van der Waals surface area contributed by atoms with Gasteiger partial charge in [0.25, 0.3) is 0 Å². The van der Waals surface area contributed by atoms with Gasteiger partial charge in [0.05, 0.1) is 18.3 Å². The number of aliphatic imine (C=N–C) groups is 1. The Morgan fingerprint density at radius 3 is 2.62 bits per heavy atom. The fourth-order valence-electron chi connectivity index (χ4n) is 4.64. The highest BCUT2D eigenvalue weighted by molar-refractivity contribution is 8.15. The monoisotopic (exact) mass is 579 g/mol. The van der Waals surface area contributed by atoms with Crippen molar-refractivity contribution in [3.8, 4) is 17.6 Å². The Balaban J connectivity index is 1.67. The summed E-state index contributed by atoms with van der Waals surface area (Å²) in [4.78, 5) is 13.1. The van der Waals surface area contributed by atoms with E-state index in [-0.39, 0.29) is 33.9 Å². The number of nitrogens with one attached hydrogen (secondary N) is 1. The van der Waals surface area contributed by atoms with Gasteiger partial charge < -0.3 is 20.5 Å². The van der Waals surface area contributed by atoms with Crippen LogP contribution in [0.5, 0.6) is 5.75 Å². The number of aromatic nitrogens is 2. The van der Waals surface area contributed by atoms with Crippen LogP contribution in [-0.2, 0) is 10.3 Å². The summed E-state index contributed by atoms with van der Waals surface area (Å²) < 4.78 is 76.9. The topological polar surface area (TPSA) is 94.7 Å². The Hall–Kier alpha value is -3.63. The molecule has 0 fully saturated rings. The van der Waals surface area contributed by atoms with Gasteiger partial charge in [-0.2, -0.15) is 13.2 Å². The molecule has 0 aliphatic carbocycles. The van der Waals surface area contributed by atoms with Crippen LogP contribution in [0.4, 0.5) is 33.5 Å². The summed E-state index contributed by atoms with van der Waals surface area (Å²) in [5.74, 6) is 1.02. The Kier molecular flexibility index (Phi) is 8.14. The number of thioether (sulfide) groups is 1. The Labute approximate surface area is 231 Å². The predicted octanol–water partition coefficient (Wildman–Crippen LogP) is 5.91. The molecule has 0 spiro atoms. The van der Waals surface area contributed by atoms with E-state index in [0.717, 1.165) is 12.0 Å². The molecule has 3 aromatic rings. The third-order valence-corrected chi connectivity index (χ3v) is 8.06. The SMILES string of the molecule is COC[C@@]1(C)SC(N)=N[C@](C)(c2cc(Nc3nccc4cc(OCC#CC(F)(F)F)cnc34)cc(F)c2F)[C@@H]1C. The number of ether oxygens (including phenoxy) is 2. The van der Waals surface area contributed by atoms with Crippen LogP contribution in [-0.4, -0.2) is 46.4 Å². The summed E-state index contributed by atoms with van der Waals surface area (Å²) in [6.45, 7) is 5.38. The molecule has 3 N–H and O–H groups in total. The highest BCUT2D eigenvalue weighted by Crippen LogP contribution is 2.51. The van der Waals surface area contributed by atoms with E-state index in [1.54, 1.807) is 26.2 Å². The van der Waals surface area contributed by atoms with Crippen molar-refractivity contribution in [2.75, 3.05) is 25.6 Å². The van der Waals surface area contributed by atoms with Crippen LogP contribution < -0.4 is 15.8 Å². The van der Waals surface area contributed by atoms with Crippen LogP contribution in [0.1, 0.15) is 26.3 Å². The number of benzene rings is 1. The van der Waals surface area contributed by atoms with Gasteiger partial charge in [-0.05, 0) is 32.0 Å². The van der Waals surface area contributed by atoms with Crippen molar-refractivity contribution in [2.45, 2.75) is 37.2 Å². The van der Waals surface area contributed by atoms with E-state index in [1.807, 2.05) is 19.8 Å². The van der Waals surface area contributed by atoms with Crippen molar-refractivity contribution in [3.63, 3.8) is 0 Å². The number of hydrogen-bond acceptors (Lipinski definition) is 8. The highest BCUT2D eigenvalue weighted by atomic mass is 32.2.